The zero-order chi connectivity index (χ0) is 12.1. The number of ether oxygens (including phenoxy) is 1. The maximum absolute atomic E-state index is 11.5. The maximum Gasteiger partial charge on any atom is 0.189 e. The van der Waals surface area contributed by atoms with Crippen LogP contribution >= 0.6 is 0 Å². The minimum Gasteiger partial charge on any atom is -0.496 e. The second kappa shape index (κ2) is 5.35. The van der Waals surface area contributed by atoms with Gasteiger partial charge in [-0.25, -0.2) is 0 Å². The zero-order valence-electron chi connectivity index (χ0n) is 10.1. The first-order valence-corrected chi connectivity index (χ1v) is 5.38. The largest absolute Gasteiger partial charge is 0.496 e. The van der Waals surface area contributed by atoms with Crippen molar-refractivity contribution in [2.75, 3.05) is 7.11 Å². The lowest BCUT2D eigenvalue weighted by Gasteiger charge is -2.05. The van der Waals surface area contributed by atoms with Gasteiger partial charge in [-0.15, -0.1) is 0 Å². The third-order valence-corrected chi connectivity index (χ3v) is 2.27. The fraction of sp³-hybridized carbons (Fsp3) is 0.308. The summed E-state index contributed by atoms with van der Waals surface area (Å²) in [5, 5.41) is 0.662. The third kappa shape index (κ3) is 2.24. The normalized spacial score (nSPS) is 9.50. The van der Waals surface area contributed by atoms with Gasteiger partial charge in [0.05, 0.1) is 7.11 Å². The van der Waals surface area contributed by atoms with Gasteiger partial charge in [-0.05, 0) is 24.6 Å². The quantitative estimate of drug-likeness (QED) is 0.804. The molecular weight excluding hydrogens is 202 g/mol. The lowest BCUT2D eigenvalue weighted by molar-refractivity contribution is 0.412. The molecule has 0 fully saturated rings. The molecule has 0 unspecified atom stereocenters. The molecule has 16 heavy (non-hydrogen) atoms. The van der Waals surface area contributed by atoms with Crippen molar-refractivity contribution in [1.29, 1.82) is 0 Å². The highest BCUT2D eigenvalue weighted by Gasteiger charge is 2.03. The Morgan fingerprint density at radius 2 is 2.00 bits per heavy atom. The van der Waals surface area contributed by atoms with Crippen LogP contribution in [-0.2, 0) is 0 Å². The number of benzene rings is 1. The van der Waals surface area contributed by atoms with Crippen LogP contribution in [0.4, 0.5) is 0 Å². The van der Waals surface area contributed by atoms with Gasteiger partial charge < -0.3 is 9.72 Å². The SMILES string of the molecule is CC.COc1cc2c(=O)cc[nH]c2cc1C.[HH]. The van der Waals surface area contributed by atoms with Gasteiger partial charge in [-0.3, -0.25) is 4.79 Å². The molecule has 0 amide bonds. The minimum atomic E-state index is 0. The first kappa shape index (κ1) is 12.3. The molecule has 0 aliphatic carbocycles. The predicted molar refractivity (Wildman–Crippen MR) is 69.3 cm³/mol. The Hall–Kier alpha value is -1.77. The number of hydrogen-bond donors (Lipinski definition) is 1. The fourth-order valence-corrected chi connectivity index (χ4v) is 1.53. The molecule has 0 bridgehead atoms. The van der Waals surface area contributed by atoms with Crippen LogP contribution < -0.4 is 10.2 Å². The highest BCUT2D eigenvalue weighted by molar-refractivity contribution is 5.80. The van der Waals surface area contributed by atoms with Crippen LogP contribution in [0.25, 0.3) is 10.9 Å². The predicted octanol–water partition coefficient (Wildman–Crippen LogP) is 3.12. The van der Waals surface area contributed by atoms with Crippen LogP contribution in [0, 0.1) is 6.92 Å². The van der Waals surface area contributed by atoms with E-state index in [1.54, 1.807) is 19.4 Å². The van der Waals surface area contributed by atoms with Crippen molar-refractivity contribution in [2.24, 2.45) is 0 Å². The van der Waals surface area contributed by atoms with Crippen LogP contribution in [0.5, 0.6) is 5.75 Å². The number of nitrogens with one attached hydrogen (secondary N) is 1. The second-order valence-electron chi connectivity index (χ2n) is 3.21. The number of H-pyrrole nitrogens is 1. The van der Waals surface area contributed by atoms with Crippen molar-refractivity contribution < 1.29 is 6.16 Å². The van der Waals surface area contributed by atoms with Gasteiger partial charge in [0.2, 0.25) is 0 Å². The summed E-state index contributed by atoms with van der Waals surface area (Å²) in [5.41, 5.74) is 1.87. The van der Waals surface area contributed by atoms with E-state index in [1.807, 2.05) is 26.8 Å². The summed E-state index contributed by atoms with van der Waals surface area (Å²) in [6, 6.07) is 5.19. The van der Waals surface area contributed by atoms with E-state index in [4.69, 9.17) is 4.74 Å². The molecule has 0 atom stereocenters. The first-order chi connectivity index (χ1) is 7.72. The Kier molecular flexibility index (Phi) is 4.11. The Balaban J connectivity index is 0.000000811. The molecular formula is C13H19NO2. The van der Waals surface area contributed by atoms with E-state index < -0.39 is 0 Å². The van der Waals surface area contributed by atoms with Crippen molar-refractivity contribution in [3.8, 4) is 5.75 Å². The molecule has 0 saturated carbocycles. The van der Waals surface area contributed by atoms with Gasteiger partial charge in [-0.2, -0.15) is 0 Å². The Morgan fingerprint density at radius 3 is 2.62 bits per heavy atom. The third-order valence-electron chi connectivity index (χ3n) is 2.27. The van der Waals surface area contributed by atoms with Crippen molar-refractivity contribution in [2.45, 2.75) is 20.8 Å². The van der Waals surface area contributed by atoms with Gasteiger partial charge >= 0.3 is 0 Å². The second-order valence-corrected chi connectivity index (χ2v) is 3.21. The number of rotatable bonds is 1. The smallest absolute Gasteiger partial charge is 0.189 e. The molecule has 1 N–H and O–H groups in total. The number of aryl methyl sites for hydroxylation is 1. The van der Waals surface area contributed by atoms with Gasteiger partial charge in [0.15, 0.2) is 5.43 Å². The van der Waals surface area contributed by atoms with Crippen LogP contribution in [-0.4, -0.2) is 12.1 Å². The monoisotopic (exact) mass is 221 g/mol. The Labute approximate surface area is 96.6 Å². The molecule has 1 heterocycles. The number of aromatic amines is 1. The fourth-order valence-electron chi connectivity index (χ4n) is 1.53. The van der Waals surface area contributed by atoms with Gasteiger partial charge in [0, 0.05) is 24.6 Å². The number of fused-ring (bicyclic) bond motifs is 1. The highest BCUT2D eigenvalue weighted by atomic mass is 16.5. The summed E-state index contributed by atoms with van der Waals surface area (Å²) < 4.78 is 5.16. The topological polar surface area (TPSA) is 42.1 Å². The Morgan fingerprint density at radius 1 is 1.31 bits per heavy atom. The van der Waals surface area contributed by atoms with Crippen LogP contribution in [0.3, 0.4) is 0 Å². The van der Waals surface area contributed by atoms with Gasteiger partial charge in [0.25, 0.3) is 0 Å². The molecule has 88 valence electrons. The van der Waals surface area contributed by atoms with Crippen molar-refractivity contribution in [1.82, 2.24) is 4.98 Å². The van der Waals surface area contributed by atoms with E-state index in [-0.39, 0.29) is 6.86 Å². The summed E-state index contributed by atoms with van der Waals surface area (Å²) in [7, 11) is 1.60. The molecule has 3 heteroatoms. The summed E-state index contributed by atoms with van der Waals surface area (Å²) in [4.78, 5) is 14.5. The standard InChI is InChI=1S/C11H11NO2.C2H6.H2/c1-7-5-9-8(6-11(7)14-2)10(13)3-4-12-9;1-2;/h3-6H,1-2H3,(H,12,13);1-2H3;1H. The molecule has 0 spiro atoms. The molecule has 2 aromatic rings. The summed E-state index contributed by atoms with van der Waals surface area (Å²) >= 11 is 0. The summed E-state index contributed by atoms with van der Waals surface area (Å²) in [6.45, 7) is 5.95. The van der Waals surface area contributed by atoms with E-state index >= 15 is 0 Å². The summed E-state index contributed by atoms with van der Waals surface area (Å²) in [6.07, 6.45) is 1.65. The first-order valence-electron chi connectivity index (χ1n) is 5.38. The number of pyridine rings is 1. The van der Waals surface area contributed by atoms with Crippen molar-refractivity contribution >= 4 is 10.9 Å². The molecule has 0 radical (unpaired) electrons. The molecule has 1 aromatic carbocycles. The molecule has 3 nitrogen and oxygen atoms in total. The molecule has 0 aliphatic rings. The lowest BCUT2D eigenvalue weighted by atomic mass is 10.1. The van der Waals surface area contributed by atoms with E-state index in [1.165, 1.54) is 6.07 Å². The number of aromatic nitrogens is 1. The highest BCUT2D eigenvalue weighted by Crippen LogP contribution is 2.21. The van der Waals surface area contributed by atoms with Crippen LogP contribution in [0.1, 0.15) is 20.8 Å². The molecule has 0 aliphatic heterocycles. The van der Waals surface area contributed by atoms with E-state index in [0.29, 0.717) is 5.39 Å². The van der Waals surface area contributed by atoms with Crippen LogP contribution in [0.15, 0.2) is 29.2 Å². The van der Waals surface area contributed by atoms with Gasteiger partial charge in [0.1, 0.15) is 5.75 Å². The van der Waals surface area contributed by atoms with Crippen molar-refractivity contribution in [3.63, 3.8) is 0 Å². The number of methoxy groups -OCH3 is 1. The maximum atomic E-state index is 11.5. The number of hydrogen-bond acceptors (Lipinski definition) is 2. The minimum absolute atomic E-state index is 0. The van der Waals surface area contributed by atoms with E-state index in [2.05, 4.69) is 4.98 Å². The Bertz CT molecular complexity index is 534. The average Bonchev–Trinajstić information content (AvgIpc) is 2.31. The van der Waals surface area contributed by atoms with E-state index in [9.17, 15) is 4.79 Å². The lowest BCUT2D eigenvalue weighted by Crippen LogP contribution is -2.01. The van der Waals surface area contributed by atoms with E-state index in [0.717, 1.165) is 16.8 Å². The van der Waals surface area contributed by atoms with Crippen molar-refractivity contribution in [3.05, 3.63) is 40.2 Å². The summed E-state index contributed by atoms with van der Waals surface area (Å²) in [5.74, 6) is 0.745. The van der Waals surface area contributed by atoms with Crippen LogP contribution in [0.2, 0.25) is 0 Å². The average molecular weight is 221 g/mol. The van der Waals surface area contributed by atoms with Gasteiger partial charge in [-0.1, -0.05) is 13.8 Å². The molecule has 2 rings (SSSR count). The molecule has 1 aromatic heterocycles. The molecule has 0 saturated heterocycles. The zero-order valence-corrected chi connectivity index (χ0v) is 10.1.